The molecule has 0 unspecified atom stereocenters. The zero-order valence-electron chi connectivity index (χ0n) is 5.80. The molecule has 0 atom stereocenters. The minimum Gasteiger partial charge on any atom is -0.391 e. The smallest absolute Gasteiger partial charge is 0.224 e. The second kappa shape index (κ2) is 3.34. The van der Waals surface area contributed by atoms with E-state index in [9.17, 15) is 0 Å². The zero-order chi connectivity index (χ0) is 8.43. The van der Waals surface area contributed by atoms with Gasteiger partial charge in [0.05, 0.1) is 6.61 Å². The van der Waals surface area contributed by atoms with Gasteiger partial charge in [-0.15, -0.1) is 0 Å². The number of aromatic nitrogens is 2. The number of hydrogen-bond donors (Lipinski definition) is 1. The lowest BCUT2D eigenvalue weighted by Crippen LogP contribution is -1.97. The number of aliphatic hydroxyl groups excluding tert-OH is 1. The molecule has 0 spiro atoms. The third-order valence-corrected chi connectivity index (χ3v) is 1.78. The molecular weight excluding hydrogens is 187 g/mol. The van der Waals surface area contributed by atoms with Crippen LogP contribution in [-0.4, -0.2) is 15.1 Å². The summed E-state index contributed by atoms with van der Waals surface area (Å²) in [7, 11) is 0. The van der Waals surface area contributed by atoms with Crippen molar-refractivity contribution in [2.45, 2.75) is 13.5 Å². The molecule has 1 aromatic heterocycles. The van der Waals surface area contributed by atoms with Crippen molar-refractivity contribution in [3.63, 3.8) is 0 Å². The number of hydrogen-bond acceptors (Lipinski definition) is 3. The standard InChI is InChI=1S/C6H6Cl2N2O/c1-3-4(2-11)5(7)10-6(8)9-3/h11H,2H2,1H3. The van der Waals surface area contributed by atoms with Crippen LogP contribution >= 0.6 is 23.2 Å². The highest BCUT2D eigenvalue weighted by atomic mass is 35.5. The molecule has 3 nitrogen and oxygen atoms in total. The lowest BCUT2D eigenvalue weighted by atomic mass is 10.3. The first-order valence-corrected chi connectivity index (χ1v) is 3.70. The topological polar surface area (TPSA) is 46.0 Å². The minimum atomic E-state index is -0.165. The first kappa shape index (κ1) is 8.71. The molecule has 11 heavy (non-hydrogen) atoms. The van der Waals surface area contributed by atoms with Crippen LogP contribution in [0.4, 0.5) is 0 Å². The number of aryl methyl sites for hydroxylation is 1. The Morgan fingerprint density at radius 2 is 2.00 bits per heavy atom. The van der Waals surface area contributed by atoms with Crippen LogP contribution in [0.2, 0.25) is 10.4 Å². The summed E-state index contributed by atoms with van der Waals surface area (Å²) in [5.41, 5.74) is 1.13. The fourth-order valence-corrected chi connectivity index (χ4v) is 1.24. The van der Waals surface area contributed by atoms with Gasteiger partial charge < -0.3 is 5.11 Å². The average Bonchev–Trinajstić information content (AvgIpc) is 1.85. The van der Waals surface area contributed by atoms with Crippen molar-refractivity contribution < 1.29 is 5.11 Å². The molecule has 0 bridgehead atoms. The van der Waals surface area contributed by atoms with Gasteiger partial charge in [0.25, 0.3) is 0 Å². The van der Waals surface area contributed by atoms with Crippen molar-refractivity contribution in [2.24, 2.45) is 0 Å². The molecule has 0 fully saturated rings. The van der Waals surface area contributed by atoms with Crippen molar-refractivity contribution >= 4 is 23.2 Å². The van der Waals surface area contributed by atoms with Crippen LogP contribution in [0.25, 0.3) is 0 Å². The first-order chi connectivity index (χ1) is 5.15. The molecule has 0 saturated heterocycles. The van der Waals surface area contributed by atoms with Gasteiger partial charge in [0, 0.05) is 11.3 Å². The van der Waals surface area contributed by atoms with Crippen LogP contribution < -0.4 is 0 Å². The maximum absolute atomic E-state index is 8.78. The Morgan fingerprint density at radius 3 is 2.45 bits per heavy atom. The molecule has 5 heteroatoms. The molecule has 0 aliphatic heterocycles. The Kier molecular flexibility index (Phi) is 2.65. The number of nitrogens with zero attached hydrogens (tertiary/aromatic N) is 2. The second-order valence-electron chi connectivity index (χ2n) is 2.01. The molecule has 0 saturated carbocycles. The van der Waals surface area contributed by atoms with Gasteiger partial charge in [-0.25, -0.2) is 9.97 Å². The summed E-state index contributed by atoms with van der Waals surface area (Å²) in [5, 5.41) is 9.10. The van der Waals surface area contributed by atoms with E-state index in [1.807, 2.05) is 0 Å². The summed E-state index contributed by atoms with van der Waals surface area (Å²) < 4.78 is 0. The monoisotopic (exact) mass is 192 g/mol. The van der Waals surface area contributed by atoms with E-state index >= 15 is 0 Å². The quantitative estimate of drug-likeness (QED) is 0.544. The van der Waals surface area contributed by atoms with Crippen LogP contribution in [0.5, 0.6) is 0 Å². The summed E-state index contributed by atoms with van der Waals surface area (Å²) in [6.07, 6.45) is 0. The average molecular weight is 193 g/mol. The summed E-state index contributed by atoms with van der Waals surface area (Å²) in [6, 6.07) is 0. The van der Waals surface area contributed by atoms with Crippen molar-refractivity contribution in [3.05, 3.63) is 21.7 Å². The largest absolute Gasteiger partial charge is 0.391 e. The van der Waals surface area contributed by atoms with E-state index in [-0.39, 0.29) is 17.0 Å². The van der Waals surface area contributed by atoms with Crippen LogP contribution in [0.1, 0.15) is 11.3 Å². The first-order valence-electron chi connectivity index (χ1n) is 2.94. The van der Waals surface area contributed by atoms with E-state index in [0.29, 0.717) is 11.3 Å². The summed E-state index contributed by atoms with van der Waals surface area (Å²) in [6.45, 7) is 1.55. The third kappa shape index (κ3) is 1.80. The molecule has 60 valence electrons. The fourth-order valence-electron chi connectivity index (χ4n) is 0.708. The fraction of sp³-hybridized carbons (Fsp3) is 0.333. The Bertz CT molecular complexity index is 254. The van der Waals surface area contributed by atoms with E-state index in [2.05, 4.69) is 9.97 Å². The molecule has 0 aliphatic carbocycles. The maximum atomic E-state index is 8.78. The van der Waals surface area contributed by atoms with E-state index in [1.54, 1.807) is 6.92 Å². The van der Waals surface area contributed by atoms with Crippen molar-refractivity contribution in [3.8, 4) is 0 Å². The Morgan fingerprint density at radius 1 is 1.36 bits per heavy atom. The van der Waals surface area contributed by atoms with Crippen molar-refractivity contribution in [1.29, 1.82) is 0 Å². The summed E-state index contributed by atoms with van der Waals surface area (Å²) >= 11 is 11.1. The molecule has 0 aliphatic rings. The summed E-state index contributed by atoms with van der Waals surface area (Å²) in [5.74, 6) is 0. The van der Waals surface area contributed by atoms with Crippen LogP contribution in [-0.2, 0) is 6.61 Å². The Hall–Kier alpha value is -0.380. The lowest BCUT2D eigenvalue weighted by Gasteiger charge is -2.02. The normalized spacial score (nSPS) is 10.2. The number of rotatable bonds is 1. The maximum Gasteiger partial charge on any atom is 0.224 e. The molecule has 0 amide bonds. The highest BCUT2D eigenvalue weighted by Gasteiger charge is 2.06. The second-order valence-corrected chi connectivity index (χ2v) is 2.70. The lowest BCUT2D eigenvalue weighted by molar-refractivity contribution is 0.280. The Balaban J connectivity index is 3.25. The minimum absolute atomic E-state index is 0.102. The van der Waals surface area contributed by atoms with Gasteiger partial charge in [0.2, 0.25) is 5.28 Å². The van der Waals surface area contributed by atoms with Crippen LogP contribution in [0.3, 0.4) is 0 Å². The number of halogens is 2. The van der Waals surface area contributed by atoms with Crippen LogP contribution in [0, 0.1) is 6.92 Å². The van der Waals surface area contributed by atoms with Gasteiger partial charge in [-0.1, -0.05) is 11.6 Å². The van der Waals surface area contributed by atoms with Crippen molar-refractivity contribution in [2.75, 3.05) is 0 Å². The predicted molar refractivity (Wildman–Crippen MR) is 42.7 cm³/mol. The zero-order valence-corrected chi connectivity index (χ0v) is 7.32. The van der Waals surface area contributed by atoms with E-state index in [0.717, 1.165) is 0 Å². The number of aliphatic hydroxyl groups is 1. The van der Waals surface area contributed by atoms with Gasteiger partial charge in [-0.2, -0.15) is 0 Å². The van der Waals surface area contributed by atoms with Crippen LogP contribution in [0.15, 0.2) is 0 Å². The highest BCUT2D eigenvalue weighted by molar-refractivity contribution is 6.32. The molecule has 0 radical (unpaired) electrons. The molecule has 0 aromatic carbocycles. The molecular formula is C6H6Cl2N2O. The van der Waals surface area contributed by atoms with E-state index < -0.39 is 0 Å². The predicted octanol–water partition coefficient (Wildman–Crippen LogP) is 1.58. The molecule has 1 heterocycles. The van der Waals surface area contributed by atoms with Crippen molar-refractivity contribution in [1.82, 2.24) is 9.97 Å². The SMILES string of the molecule is Cc1nc(Cl)nc(Cl)c1CO. The van der Waals surface area contributed by atoms with Gasteiger partial charge in [-0.3, -0.25) is 0 Å². The molecule has 1 aromatic rings. The third-order valence-electron chi connectivity index (χ3n) is 1.29. The van der Waals surface area contributed by atoms with E-state index in [1.165, 1.54) is 0 Å². The van der Waals surface area contributed by atoms with Gasteiger partial charge in [0.15, 0.2) is 0 Å². The van der Waals surface area contributed by atoms with Gasteiger partial charge in [0.1, 0.15) is 5.15 Å². The highest BCUT2D eigenvalue weighted by Crippen LogP contribution is 2.17. The molecule has 1 rings (SSSR count). The van der Waals surface area contributed by atoms with Gasteiger partial charge in [-0.05, 0) is 18.5 Å². The van der Waals surface area contributed by atoms with E-state index in [4.69, 9.17) is 28.3 Å². The molecule has 1 N–H and O–H groups in total. The summed E-state index contributed by atoms with van der Waals surface area (Å²) in [4.78, 5) is 7.48. The Labute approximate surface area is 74.0 Å². The van der Waals surface area contributed by atoms with Gasteiger partial charge >= 0.3 is 0 Å².